The molecule has 1 fully saturated rings. The van der Waals surface area contributed by atoms with Crippen molar-refractivity contribution in [2.24, 2.45) is 4.99 Å². The summed E-state index contributed by atoms with van der Waals surface area (Å²) in [5.41, 5.74) is 1.09. The molecule has 6 nitrogen and oxygen atoms in total. The Bertz CT molecular complexity index is 470. The summed E-state index contributed by atoms with van der Waals surface area (Å²) in [6.45, 7) is 2.04. The van der Waals surface area contributed by atoms with Crippen LogP contribution in [0.5, 0.6) is 5.88 Å². The summed E-state index contributed by atoms with van der Waals surface area (Å²) in [5, 5.41) is 6.42. The molecule has 0 atom stereocenters. The molecule has 23 heavy (non-hydrogen) atoms. The summed E-state index contributed by atoms with van der Waals surface area (Å²) >= 11 is 0. The number of methoxy groups -OCH3 is 1. The molecule has 0 amide bonds. The van der Waals surface area contributed by atoms with E-state index >= 15 is 0 Å². The van der Waals surface area contributed by atoms with Gasteiger partial charge in [-0.15, -0.1) is 0 Å². The van der Waals surface area contributed by atoms with Crippen LogP contribution in [0.15, 0.2) is 23.3 Å². The van der Waals surface area contributed by atoms with Crippen molar-refractivity contribution in [3.05, 3.63) is 23.9 Å². The normalized spacial score (nSPS) is 16.2. The van der Waals surface area contributed by atoms with Gasteiger partial charge in [-0.2, -0.15) is 0 Å². The van der Waals surface area contributed by atoms with E-state index in [0.717, 1.165) is 36.8 Å². The monoisotopic (exact) mass is 320 g/mol. The highest BCUT2D eigenvalue weighted by atomic mass is 16.5. The van der Waals surface area contributed by atoms with Crippen LogP contribution in [-0.4, -0.2) is 44.4 Å². The van der Waals surface area contributed by atoms with Crippen LogP contribution < -0.4 is 15.4 Å². The van der Waals surface area contributed by atoms with Crippen LogP contribution in [0.1, 0.15) is 37.7 Å². The van der Waals surface area contributed by atoms with Gasteiger partial charge in [0.2, 0.25) is 5.88 Å². The highest BCUT2D eigenvalue weighted by molar-refractivity contribution is 5.79. The molecule has 0 aromatic carbocycles. The van der Waals surface area contributed by atoms with Crippen molar-refractivity contribution < 1.29 is 9.47 Å². The zero-order valence-electron chi connectivity index (χ0n) is 14.2. The maximum atomic E-state index is 5.94. The summed E-state index contributed by atoms with van der Waals surface area (Å²) in [6.07, 6.45) is 8.35. The minimum Gasteiger partial charge on any atom is -0.474 e. The first-order valence-electron chi connectivity index (χ1n) is 8.37. The van der Waals surface area contributed by atoms with Crippen molar-refractivity contribution in [2.45, 2.75) is 44.8 Å². The van der Waals surface area contributed by atoms with Crippen LogP contribution in [0.2, 0.25) is 0 Å². The molecule has 1 aromatic rings. The Hall–Kier alpha value is -1.82. The third-order valence-electron chi connectivity index (χ3n) is 3.92. The lowest BCUT2D eigenvalue weighted by Crippen LogP contribution is -2.38. The number of pyridine rings is 1. The van der Waals surface area contributed by atoms with Gasteiger partial charge in [0, 0.05) is 39.5 Å². The largest absolute Gasteiger partial charge is 0.474 e. The zero-order valence-corrected chi connectivity index (χ0v) is 14.2. The average molecular weight is 320 g/mol. The maximum Gasteiger partial charge on any atom is 0.213 e. The molecule has 0 aliphatic heterocycles. The molecule has 0 spiro atoms. The van der Waals surface area contributed by atoms with Crippen molar-refractivity contribution in [1.29, 1.82) is 0 Å². The van der Waals surface area contributed by atoms with E-state index in [-0.39, 0.29) is 0 Å². The van der Waals surface area contributed by atoms with Crippen LogP contribution >= 0.6 is 0 Å². The fourth-order valence-electron chi connectivity index (χ4n) is 2.62. The van der Waals surface area contributed by atoms with E-state index in [4.69, 9.17) is 9.47 Å². The molecular weight excluding hydrogens is 292 g/mol. The van der Waals surface area contributed by atoms with Crippen LogP contribution in [0.3, 0.4) is 0 Å². The molecule has 1 saturated carbocycles. The Morgan fingerprint density at radius 3 is 2.74 bits per heavy atom. The second-order valence-corrected chi connectivity index (χ2v) is 5.73. The number of hydrogen-bond acceptors (Lipinski definition) is 4. The van der Waals surface area contributed by atoms with Crippen LogP contribution in [0.25, 0.3) is 0 Å². The third-order valence-corrected chi connectivity index (χ3v) is 3.92. The number of nitrogens with zero attached hydrogens (tertiary/aromatic N) is 2. The second kappa shape index (κ2) is 10.0. The van der Waals surface area contributed by atoms with Gasteiger partial charge in [-0.1, -0.05) is 12.5 Å². The Labute approximate surface area is 138 Å². The van der Waals surface area contributed by atoms with Gasteiger partial charge < -0.3 is 20.1 Å². The summed E-state index contributed by atoms with van der Waals surface area (Å²) in [4.78, 5) is 8.57. The molecule has 1 aliphatic carbocycles. The van der Waals surface area contributed by atoms with Crippen molar-refractivity contribution in [3.8, 4) is 5.88 Å². The maximum absolute atomic E-state index is 5.94. The Morgan fingerprint density at radius 1 is 1.26 bits per heavy atom. The SMILES string of the molecule is CN=C(NCCOC)NCc1ccc(OC2CCCCC2)nc1. The third kappa shape index (κ3) is 6.44. The van der Waals surface area contributed by atoms with E-state index in [9.17, 15) is 0 Å². The number of hydrogen-bond donors (Lipinski definition) is 2. The lowest BCUT2D eigenvalue weighted by Gasteiger charge is -2.22. The molecule has 2 N–H and O–H groups in total. The van der Waals surface area contributed by atoms with Gasteiger partial charge in [0.25, 0.3) is 0 Å². The Balaban J connectivity index is 1.75. The fourth-order valence-corrected chi connectivity index (χ4v) is 2.62. The van der Waals surface area contributed by atoms with Gasteiger partial charge in [-0.25, -0.2) is 4.98 Å². The number of ether oxygens (including phenoxy) is 2. The van der Waals surface area contributed by atoms with Crippen molar-refractivity contribution in [3.63, 3.8) is 0 Å². The summed E-state index contributed by atoms with van der Waals surface area (Å²) in [5.74, 6) is 1.48. The van der Waals surface area contributed by atoms with E-state index < -0.39 is 0 Å². The standard InChI is InChI=1S/C17H28N4O2/c1-18-17(19-10-11-22-2)21-13-14-8-9-16(20-12-14)23-15-6-4-3-5-7-15/h8-9,12,15H,3-7,10-11,13H2,1-2H3,(H2,18,19,21). The molecule has 1 heterocycles. The predicted octanol–water partition coefficient (Wildman–Crippen LogP) is 2.10. The van der Waals surface area contributed by atoms with Gasteiger partial charge in [-0.05, 0) is 31.2 Å². The van der Waals surface area contributed by atoms with Gasteiger partial charge in [0.05, 0.1) is 6.61 Å². The highest BCUT2D eigenvalue weighted by Gasteiger charge is 2.15. The topological polar surface area (TPSA) is 67.8 Å². The lowest BCUT2D eigenvalue weighted by molar-refractivity contribution is 0.148. The smallest absolute Gasteiger partial charge is 0.213 e. The van der Waals surface area contributed by atoms with E-state index in [1.54, 1.807) is 14.2 Å². The van der Waals surface area contributed by atoms with Crippen LogP contribution in [0, 0.1) is 0 Å². The van der Waals surface area contributed by atoms with E-state index in [1.807, 2.05) is 18.3 Å². The van der Waals surface area contributed by atoms with Gasteiger partial charge >= 0.3 is 0 Å². The molecule has 0 unspecified atom stereocenters. The Kier molecular flexibility index (Phi) is 7.66. The van der Waals surface area contributed by atoms with Gasteiger partial charge in [-0.3, -0.25) is 4.99 Å². The first-order valence-corrected chi connectivity index (χ1v) is 8.37. The minimum atomic E-state index is 0.337. The molecule has 1 aromatic heterocycles. The summed E-state index contributed by atoms with van der Waals surface area (Å²) in [7, 11) is 3.43. The summed E-state index contributed by atoms with van der Waals surface area (Å²) in [6, 6.07) is 3.99. The van der Waals surface area contributed by atoms with Crippen molar-refractivity contribution in [2.75, 3.05) is 27.3 Å². The number of aromatic nitrogens is 1. The number of rotatable bonds is 7. The number of nitrogens with one attached hydrogen (secondary N) is 2. The quantitative estimate of drug-likeness (QED) is 0.457. The predicted molar refractivity (Wildman–Crippen MR) is 91.8 cm³/mol. The van der Waals surface area contributed by atoms with Crippen molar-refractivity contribution >= 4 is 5.96 Å². The Morgan fingerprint density at radius 2 is 2.09 bits per heavy atom. The van der Waals surface area contributed by atoms with Crippen LogP contribution in [-0.2, 0) is 11.3 Å². The molecule has 6 heteroatoms. The van der Waals surface area contributed by atoms with E-state index in [2.05, 4.69) is 20.6 Å². The van der Waals surface area contributed by atoms with Crippen LogP contribution in [0.4, 0.5) is 0 Å². The molecule has 0 radical (unpaired) electrons. The van der Waals surface area contributed by atoms with E-state index in [0.29, 0.717) is 19.3 Å². The van der Waals surface area contributed by atoms with Crippen molar-refractivity contribution in [1.82, 2.24) is 15.6 Å². The lowest BCUT2D eigenvalue weighted by atomic mass is 9.98. The number of guanidine groups is 1. The first kappa shape index (κ1) is 17.5. The summed E-state index contributed by atoms with van der Waals surface area (Å²) < 4.78 is 10.9. The molecule has 128 valence electrons. The zero-order chi connectivity index (χ0) is 16.3. The molecule has 0 saturated heterocycles. The van der Waals surface area contributed by atoms with Gasteiger partial charge in [0.1, 0.15) is 6.10 Å². The fraction of sp³-hybridized carbons (Fsp3) is 0.647. The average Bonchev–Trinajstić information content (AvgIpc) is 2.60. The number of aliphatic imine (C=N–C) groups is 1. The molecular formula is C17H28N4O2. The minimum absolute atomic E-state index is 0.337. The second-order valence-electron chi connectivity index (χ2n) is 5.73. The van der Waals surface area contributed by atoms with E-state index in [1.165, 1.54) is 19.3 Å². The molecule has 1 aliphatic rings. The first-order chi connectivity index (χ1) is 11.3. The highest BCUT2D eigenvalue weighted by Crippen LogP contribution is 2.22. The molecule has 0 bridgehead atoms. The van der Waals surface area contributed by atoms with Gasteiger partial charge in [0.15, 0.2) is 5.96 Å². The molecule has 2 rings (SSSR count).